The molecule has 3 rings (SSSR count). The Hall–Kier alpha value is -2.61. The summed E-state index contributed by atoms with van der Waals surface area (Å²) in [5.41, 5.74) is 5.64. The van der Waals surface area contributed by atoms with E-state index < -0.39 is 21.5 Å². The number of nitrogen functional groups attached to an aromatic ring is 1. The Labute approximate surface area is 118 Å². The molecule has 1 heterocycles. The Morgan fingerprint density at radius 2 is 1.76 bits per heavy atom. The summed E-state index contributed by atoms with van der Waals surface area (Å²) in [6, 6.07) is 8.68. The van der Waals surface area contributed by atoms with E-state index in [1.165, 1.54) is 12.1 Å². The van der Waals surface area contributed by atoms with Gasteiger partial charge in [0.15, 0.2) is 0 Å². The van der Waals surface area contributed by atoms with E-state index in [-0.39, 0.29) is 10.4 Å². The highest BCUT2D eigenvalue weighted by Crippen LogP contribution is 2.20. The lowest BCUT2D eigenvalue weighted by molar-refractivity contribution is 0.586. The molecule has 0 saturated heterocycles. The van der Waals surface area contributed by atoms with Crippen LogP contribution < -0.4 is 11.4 Å². The Morgan fingerprint density at radius 3 is 2.43 bits per heavy atom. The molecule has 0 unspecified atom stereocenters. The number of aromatic amines is 1. The van der Waals surface area contributed by atoms with Crippen LogP contribution in [0.5, 0.6) is 0 Å². The maximum absolute atomic E-state index is 12.9. The minimum absolute atomic E-state index is 0.143. The third-order valence-electron chi connectivity index (χ3n) is 3.02. The van der Waals surface area contributed by atoms with Gasteiger partial charge in [0, 0.05) is 5.69 Å². The first kappa shape index (κ1) is 13.4. The van der Waals surface area contributed by atoms with Crippen molar-refractivity contribution in [2.45, 2.75) is 4.90 Å². The molecule has 0 radical (unpaired) electrons. The lowest BCUT2D eigenvalue weighted by atomic mass is 10.3. The van der Waals surface area contributed by atoms with Gasteiger partial charge < -0.3 is 10.7 Å². The SMILES string of the molecule is Nc1ccc2[nH]c(=O)n(S(=O)(=O)c3ccc(F)cc3)c2c1. The number of benzene rings is 2. The highest BCUT2D eigenvalue weighted by molar-refractivity contribution is 7.90. The van der Waals surface area contributed by atoms with Crippen molar-refractivity contribution in [3.05, 3.63) is 58.8 Å². The summed E-state index contributed by atoms with van der Waals surface area (Å²) in [5, 5.41) is 0. The molecule has 3 aromatic rings. The van der Waals surface area contributed by atoms with Gasteiger partial charge in [-0.1, -0.05) is 0 Å². The average molecular weight is 307 g/mol. The summed E-state index contributed by atoms with van der Waals surface area (Å²) in [4.78, 5) is 14.2. The van der Waals surface area contributed by atoms with Crippen molar-refractivity contribution >= 4 is 26.7 Å². The predicted molar refractivity (Wildman–Crippen MR) is 76.0 cm³/mol. The number of rotatable bonds is 2. The molecule has 6 nitrogen and oxygen atoms in total. The lowest BCUT2D eigenvalue weighted by Crippen LogP contribution is -2.25. The number of anilines is 1. The molecule has 108 valence electrons. The maximum atomic E-state index is 12.9. The largest absolute Gasteiger partial charge is 0.399 e. The Balaban J connectivity index is 2.33. The fourth-order valence-electron chi connectivity index (χ4n) is 2.05. The average Bonchev–Trinajstić information content (AvgIpc) is 2.75. The Bertz CT molecular complexity index is 988. The third-order valence-corrected chi connectivity index (χ3v) is 4.73. The van der Waals surface area contributed by atoms with Crippen LogP contribution >= 0.6 is 0 Å². The van der Waals surface area contributed by atoms with E-state index in [4.69, 9.17) is 5.73 Å². The number of halogens is 1. The van der Waals surface area contributed by atoms with Gasteiger partial charge >= 0.3 is 5.69 Å². The van der Waals surface area contributed by atoms with Crippen LogP contribution in [0.3, 0.4) is 0 Å². The van der Waals surface area contributed by atoms with E-state index in [0.29, 0.717) is 15.2 Å². The highest BCUT2D eigenvalue weighted by atomic mass is 32.2. The van der Waals surface area contributed by atoms with Gasteiger partial charge in [-0.3, -0.25) is 0 Å². The Morgan fingerprint density at radius 1 is 1.10 bits per heavy atom. The first-order valence-corrected chi connectivity index (χ1v) is 7.35. The van der Waals surface area contributed by atoms with Crippen molar-refractivity contribution in [1.29, 1.82) is 0 Å². The molecule has 0 spiro atoms. The van der Waals surface area contributed by atoms with Gasteiger partial charge in [0.1, 0.15) is 5.82 Å². The molecule has 0 fully saturated rings. The molecule has 0 amide bonds. The summed E-state index contributed by atoms with van der Waals surface area (Å²) in [5.74, 6) is -0.565. The molecule has 2 aromatic carbocycles. The summed E-state index contributed by atoms with van der Waals surface area (Å²) in [6.45, 7) is 0. The molecule has 0 bridgehead atoms. The minimum Gasteiger partial charge on any atom is -0.399 e. The zero-order valence-corrected chi connectivity index (χ0v) is 11.4. The molecule has 0 saturated carbocycles. The molecule has 0 atom stereocenters. The van der Waals surface area contributed by atoms with E-state index in [1.807, 2.05) is 0 Å². The molecular formula is C13H10FN3O3S. The Kier molecular flexibility index (Phi) is 2.84. The van der Waals surface area contributed by atoms with Crippen molar-refractivity contribution in [1.82, 2.24) is 8.96 Å². The quantitative estimate of drug-likeness (QED) is 0.697. The van der Waals surface area contributed by atoms with E-state index >= 15 is 0 Å². The first-order valence-electron chi connectivity index (χ1n) is 5.91. The van der Waals surface area contributed by atoms with Gasteiger partial charge in [0.05, 0.1) is 15.9 Å². The fraction of sp³-hybridized carbons (Fsp3) is 0. The summed E-state index contributed by atoms with van der Waals surface area (Å²) in [7, 11) is -4.14. The van der Waals surface area contributed by atoms with E-state index in [9.17, 15) is 17.6 Å². The number of nitrogens with one attached hydrogen (secondary N) is 1. The van der Waals surface area contributed by atoms with Crippen LogP contribution in [0.4, 0.5) is 10.1 Å². The van der Waals surface area contributed by atoms with Gasteiger partial charge in [0.25, 0.3) is 10.0 Å². The highest BCUT2D eigenvalue weighted by Gasteiger charge is 2.22. The third kappa shape index (κ3) is 2.09. The predicted octanol–water partition coefficient (Wildman–Crippen LogP) is 1.29. The summed E-state index contributed by atoms with van der Waals surface area (Å²) < 4.78 is 38.6. The number of nitrogens with two attached hydrogens (primary N) is 1. The molecule has 1 aromatic heterocycles. The van der Waals surface area contributed by atoms with Gasteiger partial charge in [0.2, 0.25) is 0 Å². The normalized spacial score (nSPS) is 11.9. The second-order valence-electron chi connectivity index (χ2n) is 4.43. The van der Waals surface area contributed by atoms with Crippen LogP contribution in [-0.4, -0.2) is 17.4 Å². The van der Waals surface area contributed by atoms with E-state index in [2.05, 4.69) is 4.98 Å². The van der Waals surface area contributed by atoms with Crippen molar-refractivity contribution in [2.24, 2.45) is 0 Å². The van der Waals surface area contributed by atoms with Crippen LogP contribution in [0, 0.1) is 5.82 Å². The zero-order valence-electron chi connectivity index (χ0n) is 10.6. The van der Waals surface area contributed by atoms with Crippen LogP contribution in [0.2, 0.25) is 0 Å². The van der Waals surface area contributed by atoms with E-state index in [0.717, 1.165) is 24.3 Å². The van der Waals surface area contributed by atoms with Gasteiger partial charge in [-0.05, 0) is 42.5 Å². The molecule has 0 aliphatic carbocycles. The summed E-state index contributed by atoms with van der Waals surface area (Å²) >= 11 is 0. The second kappa shape index (κ2) is 4.45. The van der Waals surface area contributed by atoms with Crippen LogP contribution in [0.15, 0.2) is 52.2 Å². The topological polar surface area (TPSA) is 97.9 Å². The number of fused-ring (bicyclic) bond motifs is 1. The molecule has 0 aliphatic heterocycles. The second-order valence-corrected chi connectivity index (χ2v) is 6.22. The molecular weight excluding hydrogens is 297 g/mol. The van der Waals surface area contributed by atoms with Crippen molar-refractivity contribution < 1.29 is 12.8 Å². The number of aromatic nitrogens is 2. The number of nitrogens with zero attached hydrogens (tertiary/aromatic N) is 1. The lowest BCUT2D eigenvalue weighted by Gasteiger charge is -2.06. The van der Waals surface area contributed by atoms with Crippen LogP contribution in [0.25, 0.3) is 11.0 Å². The van der Waals surface area contributed by atoms with Gasteiger partial charge in [-0.25, -0.2) is 17.6 Å². The minimum atomic E-state index is -4.14. The molecule has 8 heteroatoms. The van der Waals surface area contributed by atoms with Gasteiger partial charge in [-0.15, -0.1) is 0 Å². The maximum Gasteiger partial charge on any atom is 0.340 e. The first-order chi connectivity index (χ1) is 9.89. The monoisotopic (exact) mass is 307 g/mol. The fourth-order valence-corrected chi connectivity index (χ4v) is 3.41. The summed E-state index contributed by atoms with van der Waals surface area (Å²) in [6.07, 6.45) is 0. The number of H-pyrrole nitrogens is 1. The standard InChI is InChI=1S/C13H10FN3O3S/c14-8-1-4-10(5-2-8)21(19,20)17-12-7-9(15)3-6-11(12)16-13(17)18/h1-7H,15H2,(H,16,18). The van der Waals surface area contributed by atoms with Crippen molar-refractivity contribution in [3.63, 3.8) is 0 Å². The molecule has 0 aliphatic rings. The van der Waals surface area contributed by atoms with Crippen LogP contribution in [-0.2, 0) is 10.0 Å². The number of imidazole rings is 1. The smallest absolute Gasteiger partial charge is 0.340 e. The van der Waals surface area contributed by atoms with E-state index in [1.54, 1.807) is 6.07 Å². The number of hydrogen-bond donors (Lipinski definition) is 2. The molecule has 21 heavy (non-hydrogen) atoms. The van der Waals surface area contributed by atoms with Crippen LogP contribution in [0.1, 0.15) is 0 Å². The zero-order chi connectivity index (χ0) is 15.2. The molecule has 3 N–H and O–H groups in total. The van der Waals surface area contributed by atoms with Crippen molar-refractivity contribution in [3.8, 4) is 0 Å². The van der Waals surface area contributed by atoms with Gasteiger partial charge in [-0.2, -0.15) is 3.97 Å². The van der Waals surface area contributed by atoms with Crippen molar-refractivity contribution in [2.75, 3.05) is 5.73 Å². The number of hydrogen-bond acceptors (Lipinski definition) is 4.